The average Bonchev–Trinajstić information content (AvgIpc) is 2.74. The fraction of sp³-hybridized carbons (Fsp3) is 0.136. The maximum Gasteiger partial charge on any atom is 0.261 e. The van der Waals surface area contributed by atoms with E-state index in [1.54, 1.807) is 18.2 Å². The maximum absolute atomic E-state index is 12.8. The molecule has 1 amide bonds. The number of carbonyl (C=O) groups is 1. The highest BCUT2D eigenvalue weighted by Crippen LogP contribution is 2.28. The van der Waals surface area contributed by atoms with Gasteiger partial charge in [0.1, 0.15) is 5.75 Å². The summed E-state index contributed by atoms with van der Waals surface area (Å²) in [6.45, 7) is 1.86. The van der Waals surface area contributed by atoms with Crippen molar-refractivity contribution in [3.05, 3.63) is 88.9 Å². The van der Waals surface area contributed by atoms with Gasteiger partial charge in [0.2, 0.25) is 0 Å². The van der Waals surface area contributed by atoms with Gasteiger partial charge in [-0.15, -0.1) is 0 Å². The molecule has 0 heterocycles. The van der Waals surface area contributed by atoms with Crippen LogP contribution < -0.4 is 14.8 Å². The van der Waals surface area contributed by atoms with E-state index in [4.69, 9.17) is 16.3 Å². The van der Waals surface area contributed by atoms with Gasteiger partial charge in [-0.3, -0.25) is 9.52 Å². The van der Waals surface area contributed by atoms with Crippen LogP contribution in [0.5, 0.6) is 5.75 Å². The molecule has 8 heteroatoms. The quantitative estimate of drug-likeness (QED) is 0.556. The molecule has 0 fully saturated rings. The van der Waals surface area contributed by atoms with Gasteiger partial charge in [-0.1, -0.05) is 54.1 Å². The Morgan fingerprint density at radius 3 is 2.33 bits per heavy atom. The van der Waals surface area contributed by atoms with Gasteiger partial charge in [0, 0.05) is 0 Å². The first-order chi connectivity index (χ1) is 14.3. The molecule has 3 rings (SSSR count). The Hall–Kier alpha value is -3.03. The highest BCUT2D eigenvalue weighted by Gasteiger charge is 2.20. The van der Waals surface area contributed by atoms with Crippen molar-refractivity contribution in [2.45, 2.75) is 17.9 Å². The van der Waals surface area contributed by atoms with E-state index in [9.17, 15) is 13.2 Å². The van der Waals surface area contributed by atoms with Crippen molar-refractivity contribution in [2.75, 3.05) is 11.8 Å². The number of rotatable bonds is 7. The molecule has 1 atom stereocenters. The lowest BCUT2D eigenvalue weighted by molar-refractivity contribution is 0.0941. The summed E-state index contributed by atoms with van der Waals surface area (Å²) in [5, 5.41) is 3.06. The number of methoxy groups -OCH3 is 1. The lowest BCUT2D eigenvalue weighted by Crippen LogP contribution is -2.28. The zero-order valence-corrected chi connectivity index (χ0v) is 18.0. The third-order valence-corrected chi connectivity index (χ3v) is 6.16. The van der Waals surface area contributed by atoms with E-state index < -0.39 is 15.9 Å². The van der Waals surface area contributed by atoms with Crippen LogP contribution in [0.25, 0.3) is 0 Å². The number of carbonyl (C=O) groups excluding carboxylic acids is 1. The fourth-order valence-corrected chi connectivity index (χ4v) is 4.32. The Labute approximate surface area is 180 Å². The second kappa shape index (κ2) is 9.19. The lowest BCUT2D eigenvalue weighted by Gasteiger charge is -2.17. The van der Waals surface area contributed by atoms with Crippen LogP contribution in [0.1, 0.15) is 28.9 Å². The molecular weight excluding hydrogens is 424 g/mol. The van der Waals surface area contributed by atoms with Crippen molar-refractivity contribution in [1.29, 1.82) is 0 Å². The number of anilines is 1. The number of ether oxygens (including phenoxy) is 1. The molecule has 3 aromatic rings. The molecule has 0 aliphatic rings. The first kappa shape index (κ1) is 21.7. The molecule has 30 heavy (non-hydrogen) atoms. The molecule has 1 unspecified atom stereocenters. The van der Waals surface area contributed by atoms with Gasteiger partial charge in [-0.25, -0.2) is 8.42 Å². The maximum atomic E-state index is 12.8. The topological polar surface area (TPSA) is 84.5 Å². The molecule has 0 bridgehead atoms. The number of nitrogens with one attached hydrogen (secondary N) is 2. The Bertz CT molecular complexity index is 1150. The highest BCUT2D eigenvalue weighted by atomic mass is 35.5. The number of hydrogen-bond donors (Lipinski definition) is 2. The molecule has 2 N–H and O–H groups in total. The van der Waals surface area contributed by atoms with Crippen LogP contribution in [0.4, 0.5) is 5.69 Å². The second-order valence-electron chi connectivity index (χ2n) is 6.55. The molecule has 0 saturated heterocycles. The Balaban J connectivity index is 1.84. The minimum atomic E-state index is -3.97. The van der Waals surface area contributed by atoms with Gasteiger partial charge in [0.15, 0.2) is 0 Å². The van der Waals surface area contributed by atoms with E-state index in [1.807, 2.05) is 37.3 Å². The molecule has 0 aliphatic carbocycles. The van der Waals surface area contributed by atoms with Crippen LogP contribution in [0.15, 0.2) is 77.7 Å². The molecule has 156 valence electrons. The van der Waals surface area contributed by atoms with Crippen molar-refractivity contribution in [2.24, 2.45) is 0 Å². The average molecular weight is 445 g/mol. The summed E-state index contributed by atoms with van der Waals surface area (Å²) in [5.74, 6) is -0.0253. The normalized spacial score (nSPS) is 12.1. The third kappa shape index (κ3) is 4.93. The van der Waals surface area contributed by atoms with Crippen molar-refractivity contribution in [1.82, 2.24) is 5.32 Å². The predicted octanol–water partition coefficient (Wildman–Crippen LogP) is 4.64. The summed E-state index contributed by atoms with van der Waals surface area (Å²) in [4.78, 5) is 12.8. The number of para-hydroxylation sites is 1. The molecule has 0 aliphatic heterocycles. The molecular formula is C22H21ClN2O4S. The highest BCUT2D eigenvalue weighted by molar-refractivity contribution is 7.92. The fourth-order valence-electron chi connectivity index (χ4n) is 2.89. The van der Waals surface area contributed by atoms with Gasteiger partial charge in [0.05, 0.1) is 34.3 Å². The van der Waals surface area contributed by atoms with E-state index in [-0.39, 0.29) is 27.2 Å². The van der Waals surface area contributed by atoms with Gasteiger partial charge >= 0.3 is 0 Å². The Morgan fingerprint density at radius 1 is 1.00 bits per heavy atom. The number of halogens is 1. The SMILES string of the molecule is COc1ccc(S(=O)(=O)Nc2ccccc2C(=O)NC(C)c2ccccc2)cc1Cl. The first-order valence-corrected chi connectivity index (χ1v) is 11.0. The van der Waals surface area contributed by atoms with Crippen molar-refractivity contribution in [3.8, 4) is 5.75 Å². The number of amides is 1. The van der Waals surface area contributed by atoms with E-state index in [0.29, 0.717) is 5.75 Å². The van der Waals surface area contributed by atoms with Crippen LogP contribution >= 0.6 is 11.6 Å². The zero-order valence-electron chi connectivity index (χ0n) is 16.4. The zero-order chi connectivity index (χ0) is 21.7. The van der Waals surface area contributed by atoms with Crippen LogP contribution in [0.3, 0.4) is 0 Å². The summed E-state index contributed by atoms with van der Waals surface area (Å²) >= 11 is 6.05. The smallest absolute Gasteiger partial charge is 0.261 e. The largest absolute Gasteiger partial charge is 0.495 e. The molecule has 0 aromatic heterocycles. The van der Waals surface area contributed by atoms with Crippen LogP contribution in [0, 0.1) is 0 Å². The predicted molar refractivity (Wildman–Crippen MR) is 118 cm³/mol. The monoisotopic (exact) mass is 444 g/mol. The van der Waals surface area contributed by atoms with Crippen LogP contribution in [-0.4, -0.2) is 21.4 Å². The standard InChI is InChI=1S/C22H21ClN2O4S/c1-15(16-8-4-3-5-9-16)24-22(26)18-10-6-7-11-20(18)25-30(27,28)17-12-13-21(29-2)19(23)14-17/h3-15,25H,1-2H3,(H,24,26). The number of benzene rings is 3. The number of sulfonamides is 1. The molecule has 0 radical (unpaired) electrons. The first-order valence-electron chi connectivity index (χ1n) is 9.13. The molecule has 6 nitrogen and oxygen atoms in total. The van der Waals surface area contributed by atoms with Crippen molar-refractivity contribution in [3.63, 3.8) is 0 Å². The minimum absolute atomic E-state index is 0.0406. The third-order valence-electron chi connectivity index (χ3n) is 4.50. The van der Waals surface area contributed by atoms with Gasteiger partial charge in [0.25, 0.3) is 15.9 Å². The Morgan fingerprint density at radius 2 is 1.67 bits per heavy atom. The van der Waals surface area contributed by atoms with Gasteiger partial charge in [-0.2, -0.15) is 0 Å². The van der Waals surface area contributed by atoms with Crippen molar-refractivity contribution >= 4 is 33.2 Å². The van der Waals surface area contributed by atoms with Crippen LogP contribution in [-0.2, 0) is 10.0 Å². The van der Waals surface area contributed by atoms with E-state index in [0.717, 1.165) is 5.56 Å². The van der Waals surface area contributed by atoms with Crippen LogP contribution in [0.2, 0.25) is 5.02 Å². The molecule has 3 aromatic carbocycles. The summed E-state index contributed by atoms with van der Waals surface area (Å²) in [5.41, 5.74) is 1.32. The van der Waals surface area contributed by atoms with E-state index in [1.165, 1.54) is 31.4 Å². The second-order valence-corrected chi connectivity index (χ2v) is 8.64. The minimum Gasteiger partial charge on any atom is -0.495 e. The van der Waals surface area contributed by atoms with Gasteiger partial charge < -0.3 is 10.1 Å². The van der Waals surface area contributed by atoms with Crippen molar-refractivity contribution < 1.29 is 17.9 Å². The molecule has 0 saturated carbocycles. The molecule has 0 spiro atoms. The summed E-state index contributed by atoms with van der Waals surface area (Å²) < 4.78 is 33.2. The lowest BCUT2D eigenvalue weighted by atomic mass is 10.1. The summed E-state index contributed by atoms with van der Waals surface area (Å²) in [6, 6.07) is 19.8. The summed E-state index contributed by atoms with van der Waals surface area (Å²) in [7, 11) is -2.52. The summed E-state index contributed by atoms with van der Waals surface area (Å²) in [6.07, 6.45) is 0. The number of hydrogen-bond acceptors (Lipinski definition) is 4. The van der Waals surface area contributed by atoms with Gasteiger partial charge in [-0.05, 0) is 42.8 Å². The van der Waals surface area contributed by atoms with E-state index in [2.05, 4.69) is 10.0 Å². The Kier molecular flexibility index (Phi) is 6.64. The van der Waals surface area contributed by atoms with E-state index >= 15 is 0 Å².